The van der Waals surface area contributed by atoms with Crippen LogP contribution in [-0.4, -0.2) is 47.7 Å². The standard InChI is InChI=1S/C25H34N2O2.C2H2O4/c1-8-28-20-11-9-10-12-21(20)29-25(7,23-26-13-14-27-23)22-17(2)15-19(16-18(22)3)24(4,5)6;3-1(4)2(5)6/h9-12,15-16H,8,13-14H2,1-7H3,(H,26,27);(H,3,4)(H,5,6). The third kappa shape index (κ3) is 6.74. The highest BCUT2D eigenvalue weighted by Crippen LogP contribution is 2.39. The zero-order valence-corrected chi connectivity index (χ0v) is 21.6. The Morgan fingerprint density at radius 3 is 1.97 bits per heavy atom. The summed E-state index contributed by atoms with van der Waals surface area (Å²) in [5.41, 5.74) is 4.27. The van der Waals surface area contributed by atoms with E-state index in [1.807, 2.05) is 31.2 Å². The van der Waals surface area contributed by atoms with Crippen molar-refractivity contribution in [1.29, 1.82) is 0 Å². The quantitative estimate of drug-likeness (QED) is 0.519. The number of amidine groups is 1. The van der Waals surface area contributed by atoms with Crippen molar-refractivity contribution in [2.75, 3.05) is 19.7 Å². The first-order valence-electron chi connectivity index (χ1n) is 11.6. The molecule has 1 atom stereocenters. The van der Waals surface area contributed by atoms with Crippen LogP contribution in [0.1, 0.15) is 56.9 Å². The molecular formula is C27H36N2O6. The average Bonchev–Trinajstić information content (AvgIpc) is 3.30. The summed E-state index contributed by atoms with van der Waals surface area (Å²) in [7, 11) is 0. The van der Waals surface area contributed by atoms with E-state index in [4.69, 9.17) is 34.3 Å². The number of aliphatic imine (C=N–C) groups is 1. The normalized spacial score (nSPS) is 14.5. The summed E-state index contributed by atoms with van der Waals surface area (Å²) in [5.74, 6) is -1.29. The predicted octanol–water partition coefficient (Wildman–Crippen LogP) is 4.45. The van der Waals surface area contributed by atoms with Crippen molar-refractivity contribution in [2.24, 2.45) is 4.99 Å². The van der Waals surface area contributed by atoms with Gasteiger partial charge in [0.25, 0.3) is 0 Å². The van der Waals surface area contributed by atoms with E-state index in [0.29, 0.717) is 6.61 Å². The van der Waals surface area contributed by atoms with Gasteiger partial charge in [-0.25, -0.2) is 9.59 Å². The number of carbonyl (C=O) groups is 2. The van der Waals surface area contributed by atoms with Crippen LogP contribution in [0.5, 0.6) is 11.5 Å². The summed E-state index contributed by atoms with van der Waals surface area (Å²) in [6.07, 6.45) is 0. The van der Waals surface area contributed by atoms with Gasteiger partial charge in [-0.15, -0.1) is 0 Å². The van der Waals surface area contributed by atoms with Gasteiger partial charge in [0, 0.05) is 12.1 Å². The summed E-state index contributed by atoms with van der Waals surface area (Å²) in [6.45, 7) is 17.4. The molecule has 0 bridgehead atoms. The smallest absolute Gasteiger partial charge is 0.414 e. The van der Waals surface area contributed by atoms with Crippen LogP contribution in [0.25, 0.3) is 0 Å². The highest BCUT2D eigenvalue weighted by atomic mass is 16.5. The van der Waals surface area contributed by atoms with Crippen molar-refractivity contribution in [3.63, 3.8) is 0 Å². The molecule has 0 spiro atoms. The fraction of sp³-hybridized carbons (Fsp3) is 0.444. The third-order valence-electron chi connectivity index (χ3n) is 5.65. The van der Waals surface area contributed by atoms with Crippen molar-refractivity contribution >= 4 is 17.8 Å². The predicted molar refractivity (Wildman–Crippen MR) is 136 cm³/mol. The van der Waals surface area contributed by atoms with Gasteiger partial charge in [-0.05, 0) is 61.9 Å². The minimum atomic E-state index is -1.82. The number of aliphatic carboxylic acids is 2. The topological polar surface area (TPSA) is 117 Å². The second-order valence-electron chi connectivity index (χ2n) is 9.52. The molecule has 2 aromatic rings. The number of hydrogen-bond acceptors (Lipinski definition) is 6. The Balaban J connectivity index is 0.000000641. The summed E-state index contributed by atoms with van der Waals surface area (Å²) >= 11 is 0. The highest BCUT2D eigenvalue weighted by molar-refractivity contribution is 6.27. The fourth-order valence-corrected chi connectivity index (χ4v) is 4.11. The Labute approximate surface area is 207 Å². The van der Waals surface area contributed by atoms with Crippen LogP contribution in [0, 0.1) is 13.8 Å². The van der Waals surface area contributed by atoms with Crippen LogP contribution in [0.2, 0.25) is 0 Å². The largest absolute Gasteiger partial charge is 0.490 e. The van der Waals surface area contributed by atoms with E-state index in [0.717, 1.165) is 36.0 Å². The first kappa shape index (κ1) is 27.7. The maximum absolute atomic E-state index is 9.10. The van der Waals surface area contributed by atoms with E-state index < -0.39 is 17.5 Å². The van der Waals surface area contributed by atoms with Gasteiger partial charge in [0.1, 0.15) is 5.84 Å². The molecule has 190 valence electrons. The van der Waals surface area contributed by atoms with Gasteiger partial charge < -0.3 is 25.0 Å². The number of benzene rings is 2. The number of aryl methyl sites for hydroxylation is 2. The first-order chi connectivity index (χ1) is 16.3. The molecule has 3 N–H and O–H groups in total. The van der Waals surface area contributed by atoms with E-state index in [-0.39, 0.29) is 5.41 Å². The molecule has 0 saturated carbocycles. The number of carboxylic acids is 2. The second kappa shape index (κ2) is 11.3. The lowest BCUT2D eigenvalue weighted by Crippen LogP contribution is -2.46. The molecular weight excluding hydrogens is 448 g/mol. The lowest BCUT2D eigenvalue weighted by molar-refractivity contribution is -0.159. The molecule has 35 heavy (non-hydrogen) atoms. The molecule has 1 heterocycles. The fourth-order valence-electron chi connectivity index (χ4n) is 4.11. The number of rotatable bonds is 6. The number of nitrogens with one attached hydrogen (secondary N) is 1. The molecule has 0 fully saturated rings. The Morgan fingerprint density at radius 1 is 1.00 bits per heavy atom. The summed E-state index contributed by atoms with van der Waals surface area (Å²) in [4.78, 5) is 22.9. The minimum Gasteiger partial charge on any atom is -0.490 e. The Hall–Kier alpha value is -3.55. The molecule has 0 aromatic heterocycles. The molecule has 1 aliphatic heterocycles. The molecule has 8 nitrogen and oxygen atoms in total. The van der Waals surface area contributed by atoms with Gasteiger partial charge in [0.15, 0.2) is 17.1 Å². The van der Waals surface area contributed by atoms with Gasteiger partial charge in [0.05, 0.1) is 13.2 Å². The van der Waals surface area contributed by atoms with Crippen LogP contribution < -0.4 is 14.8 Å². The van der Waals surface area contributed by atoms with Gasteiger partial charge in [0.2, 0.25) is 0 Å². The molecule has 3 rings (SSSR count). The highest BCUT2D eigenvalue weighted by Gasteiger charge is 2.40. The monoisotopic (exact) mass is 484 g/mol. The minimum absolute atomic E-state index is 0.0933. The molecule has 0 saturated heterocycles. The van der Waals surface area contributed by atoms with Gasteiger partial charge >= 0.3 is 11.9 Å². The van der Waals surface area contributed by atoms with Crippen LogP contribution >= 0.6 is 0 Å². The van der Waals surface area contributed by atoms with Crippen molar-refractivity contribution in [2.45, 2.75) is 59.5 Å². The maximum Gasteiger partial charge on any atom is 0.414 e. The van der Waals surface area contributed by atoms with Gasteiger partial charge in [-0.1, -0.05) is 45.0 Å². The molecule has 0 aliphatic carbocycles. The van der Waals surface area contributed by atoms with Crippen molar-refractivity contribution < 1.29 is 29.3 Å². The SMILES string of the molecule is CCOc1ccccc1OC(C)(C1=NCCN1)c1c(C)cc(C(C)(C)C)cc1C.O=C(O)C(=O)O. The number of carboxylic acid groups (broad SMARTS) is 2. The zero-order valence-electron chi connectivity index (χ0n) is 21.6. The van der Waals surface area contributed by atoms with E-state index in [1.54, 1.807) is 0 Å². The number of nitrogens with zero attached hydrogens (tertiary/aromatic N) is 1. The van der Waals surface area contributed by atoms with Crippen LogP contribution in [-0.2, 0) is 20.6 Å². The molecule has 0 amide bonds. The second-order valence-corrected chi connectivity index (χ2v) is 9.52. The van der Waals surface area contributed by atoms with Gasteiger partial charge in [-0.3, -0.25) is 4.99 Å². The Kier molecular flexibility index (Phi) is 8.90. The van der Waals surface area contributed by atoms with Crippen LogP contribution in [0.4, 0.5) is 0 Å². The number of ether oxygens (including phenoxy) is 2. The first-order valence-corrected chi connectivity index (χ1v) is 11.6. The molecule has 8 heteroatoms. The van der Waals surface area contributed by atoms with Crippen LogP contribution in [0.15, 0.2) is 41.4 Å². The Bertz CT molecular complexity index is 1070. The lowest BCUT2D eigenvalue weighted by atomic mass is 9.80. The third-order valence-corrected chi connectivity index (χ3v) is 5.65. The van der Waals surface area contributed by atoms with E-state index in [2.05, 4.69) is 59.0 Å². The van der Waals surface area contributed by atoms with E-state index in [1.165, 1.54) is 16.7 Å². The molecule has 2 aromatic carbocycles. The number of hydrogen-bond donors (Lipinski definition) is 3. The van der Waals surface area contributed by atoms with Crippen molar-refractivity contribution in [1.82, 2.24) is 5.32 Å². The lowest BCUT2D eigenvalue weighted by Gasteiger charge is -2.35. The van der Waals surface area contributed by atoms with Gasteiger partial charge in [-0.2, -0.15) is 0 Å². The zero-order chi connectivity index (χ0) is 26.4. The maximum atomic E-state index is 9.10. The summed E-state index contributed by atoms with van der Waals surface area (Å²) in [5, 5.41) is 18.2. The summed E-state index contributed by atoms with van der Waals surface area (Å²) < 4.78 is 12.5. The molecule has 1 aliphatic rings. The summed E-state index contributed by atoms with van der Waals surface area (Å²) in [6, 6.07) is 12.4. The number of para-hydroxylation sites is 2. The van der Waals surface area contributed by atoms with E-state index in [9.17, 15) is 0 Å². The van der Waals surface area contributed by atoms with Crippen molar-refractivity contribution in [3.05, 3.63) is 58.7 Å². The van der Waals surface area contributed by atoms with E-state index >= 15 is 0 Å². The Morgan fingerprint density at radius 2 is 1.54 bits per heavy atom. The van der Waals surface area contributed by atoms with Crippen molar-refractivity contribution in [3.8, 4) is 11.5 Å². The molecule has 1 unspecified atom stereocenters. The molecule has 0 radical (unpaired) electrons. The average molecular weight is 485 g/mol. The van der Waals surface area contributed by atoms with Crippen LogP contribution in [0.3, 0.4) is 0 Å².